The summed E-state index contributed by atoms with van der Waals surface area (Å²) in [6, 6.07) is 14.0. The SMILES string of the molecule is O=S(O)Cc1ccccc1-c1ccc2nc3n(c2c1)CCC3. The standard InChI is InChI=1S/C17H16N2O2S/c20-22(21)11-13-4-1-2-5-14(13)12-7-8-15-16(10-12)19-9-3-6-17(19)18-15/h1-2,4-5,7-8,10H,3,6,9,11H2,(H,20,21). The van der Waals surface area contributed by atoms with Crippen molar-refractivity contribution >= 4 is 22.1 Å². The van der Waals surface area contributed by atoms with Crippen molar-refractivity contribution in [2.75, 3.05) is 0 Å². The second-order valence-electron chi connectivity index (χ2n) is 5.61. The fourth-order valence-corrected chi connectivity index (χ4v) is 3.75. The number of hydrogen-bond acceptors (Lipinski definition) is 2. The van der Waals surface area contributed by atoms with E-state index in [4.69, 9.17) is 0 Å². The van der Waals surface area contributed by atoms with Gasteiger partial charge in [-0.25, -0.2) is 9.19 Å². The number of benzene rings is 2. The molecule has 0 saturated heterocycles. The van der Waals surface area contributed by atoms with Crippen molar-refractivity contribution in [3.05, 3.63) is 53.9 Å². The summed E-state index contributed by atoms with van der Waals surface area (Å²) in [5, 5.41) is 0. The molecule has 1 unspecified atom stereocenters. The van der Waals surface area contributed by atoms with Crippen LogP contribution in [0.3, 0.4) is 0 Å². The van der Waals surface area contributed by atoms with E-state index in [9.17, 15) is 8.76 Å². The highest BCUT2D eigenvalue weighted by Gasteiger charge is 2.17. The number of fused-ring (bicyclic) bond motifs is 3. The molecule has 0 saturated carbocycles. The van der Waals surface area contributed by atoms with Gasteiger partial charge in [-0.2, -0.15) is 0 Å². The number of aryl methyl sites for hydroxylation is 2. The van der Waals surface area contributed by atoms with Gasteiger partial charge in [0.2, 0.25) is 0 Å². The maximum absolute atomic E-state index is 11.2. The lowest BCUT2D eigenvalue weighted by atomic mass is 10.0. The molecule has 1 N–H and O–H groups in total. The van der Waals surface area contributed by atoms with E-state index in [1.165, 1.54) is 0 Å². The summed E-state index contributed by atoms with van der Waals surface area (Å²) < 4.78 is 22.7. The highest BCUT2D eigenvalue weighted by Crippen LogP contribution is 2.30. The Kier molecular flexibility index (Phi) is 3.32. The van der Waals surface area contributed by atoms with Crippen molar-refractivity contribution in [2.45, 2.75) is 25.1 Å². The summed E-state index contributed by atoms with van der Waals surface area (Å²) in [7, 11) is 0. The zero-order valence-corrected chi connectivity index (χ0v) is 12.8. The van der Waals surface area contributed by atoms with Crippen LogP contribution in [0.1, 0.15) is 17.8 Å². The maximum Gasteiger partial charge on any atom is 0.157 e. The van der Waals surface area contributed by atoms with Crippen molar-refractivity contribution in [1.82, 2.24) is 9.55 Å². The van der Waals surface area contributed by atoms with Gasteiger partial charge < -0.3 is 9.12 Å². The Morgan fingerprint density at radius 3 is 2.95 bits per heavy atom. The largest absolute Gasteiger partial charge is 0.328 e. The minimum atomic E-state index is -1.84. The van der Waals surface area contributed by atoms with E-state index in [1.807, 2.05) is 36.4 Å². The van der Waals surface area contributed by atoms with Crippen LogP contribution in [0.15, 0.2) is 42.5 Å². The summed E-state index contributed by atoms with van der Waals surface area (Å²) in [4.78, 5) is 4.67. The summed E-state index contributed by atoms with van der Waals surface area (Å²) in [6.07, 6.45) is 2.20. The van der Waals surface area contributed by atoms with E-state index in [1.54, 1.807) is 0 Å². The first-order chi connectivity index (χ1) is 10.7. The maximum atomic E-state index is 11.2. The van der Waals surface area contributed by atoms with Gasteiger partial charge in [0.05, 0.1) is 16.8 Å². The van der Waals surface area contributed by atoms with Gasteiger partial charge in [-0.15, -0.1) is 0 Å². The van der Waals surface area contributed by atoms with Crippen LogP contribution >= 0.6 is 0 Å². The van der Waals surface area contributed by atoms with Crippen molar-refractivity contribution in [1.29, 1.82) is 0 Å². The molecule has 1 aliphatic heterocycles. The Bertz CT molecular complexity index is 885. The fourth-order valence-electron chi connectivity index (χ4n) is 3.24. The van der Waals surface area contributed by atoms with Gasteiger partial charge in [-0.1, -0.05) is 30.3 Å². The average molecular weight is 312 g/mol. The molecule has 3 aromatic rings. The molecule has 0 amide bonds. The Morgan fingerprint density at radius 2 is 2.09 bits per heavy atom. The van der Waals surface area contributed by atoms with E-state index in [2.05, 4.69) is 15.6 Å². The van der Waals surface area contributed by atoms with Crippen LogP contribution in [0.4, 0.5) is 0 Å². The van der Waals surface area contributed by atoms with Crippen LogP contribution in [0.25, 0.3) is 22.2 Å². The predicted molar refractivity (Wildman–Crippen MR) is 88.0 cm³/mol. The van der Waals surface area contributed by atoms with Crippen molar-refractivity contribution < 1.29 is 8.76 Å². The Balaban J connectivity index is 1.86. The molecule has 5 heteroatoms. The molecule has 4 nitrogen and oxygen atoms in total. The molecule has 1 aliphatic rings. The first-order valence-electron chi connectivity index (χ1n) is 7.37. The third-order valence-electron chi connectivity index (χ3n) is 4.22. The molecule has 0 aliphatic carbocycles. The zero-order valence-electron chi connectivity index (χ0n) is 12.0. The van der Waals surface area contributed by atoms with Crippen LogP contribution in [-0.2, 0) is 29.8 Å². The molecule has 4 rings (SSSR count). The van der Waals surface area contributed by atoms with Crippen LogP contribution in [0, 0.1) is 0 Å². The van der Waals surface area contributed by atoms with Crippen molar-refractivity contribution in [3.8, 4) is 11.1 Å². The van der Waals surface area contributed by atoms with Crippen LogP contribution in [0.2, 0.25) is 0 Å². The second kappa shape index (κ2) is 5.34. The minimum Gasteiger partial charge on any atom is -0.328 e. The fraction of sp³-hybridized carbons (Fsp3) is 0.235. The van der Waals surface area contributed by atoms with Crippen LogP contribution < -0.4 is 0 Å². The summed E-state index contributed by atoms with van der Waals surface area (Å²) in [6.45, 7) is 1.03. The topological polar surface area (TPSA) is 55.1 Å². The predicted octanol–water partition coefficient (Wildman–Crippen LogP) is 3.37. The Hall–Kier alpha value is -1.98. The van der Waals surface area contributed by atoms with Crippen LogP contribution in [0.5, 0.6) is 0 Å². The number of nitrogens with zero attached hydrogens (tertiary/aromatic N) is 2. The van der Waals surface area contributed by atoms with Crippen molar-refractivity contribution in [2.24, 2.45) is 0 Å². The second-order valence-corrected chi connectivity index (χ2v) is 6.54. The Morgan fingerprint density at radius 1 is 1.23 bits per heavy atom. The minimum absolute atomic E-state index is 0.152. The molecule has 0 radical (unpaired) electrons. The highest BCUT2D eigenvalue weighted by molar-refractivity contribution is 7.78. The lowest BCUT2D eigenvalue weighted by molar-refractivity contribution is 0.563. The molecule has 22 heavy (non-hydrogen) atoms. The third-order valence-corrected chi connectivity index (χ3v) is 4.77. The first-order valence-corrected chi connectivity index (χ1v) is 8.65. The number of hydrogen-bond donors (Lipinski definition) is 1. The van der Waals surface area contributed by atoms with Gasteiger partial charge in [-0.05, 0) is 35.2 Å². The molecule has 112 valence electrons. The van der Waals surface area contributed by atoms with Crippen LogP contribution in [-0.4, -0.2) is 18.3 Å². The zero-order chi connectivity index (χ0) is 15.1. The van der Waals surface area contributed by atoms with E-state index in [0.29, 0.717) is 0 Å². The molecule has 1 aromatic heterocycles. The molecular formula is C17H16N2O2S. The molecule has 2 heterocycles. The highest BCUT2D eigenvalue weighted by atomic mass is 32.2. The van der Waals surface area contributed by atoms with Gasteiger partial charge in [0.1, 0.15) is 5.82 Å². The molecule has 0 spiro atoms. The average Bonchev–Trinajstić information content (AvgIpc) is 3.07. The smallest absolute Gasteiger partial charge is 0.157 e. The molecule has 2 aromatic carbocycles. The Labute approximate surface area is 131 Å². The van der Waals surface area contributed by atoms with E-state index < -0.39 is 11.1 Å². The third kappa shape index (κ3) is 2.26. The number of imidazole rings is 1. The summed E-state index contributed by atoms with van der Waals surface area (Å²) in [5.74, 6) is 1.32. The first kappa shape index (κ1) is 13.7. The van der Waals surface area contributed by atoms with Crippen molar-refractivity contribution in [3.63, 3.8) is 0 Å². The molecular weight excluding hydrogens is 296 g/mol. The van der Waals surface area contributed by atoms with E-state index in [-0.39, 0.29) is 5.75 Å². The number of aromatic nitrogens is 2. The molecule has 0 bridgehead atoms. The lowest BCUT2D eigenvalue weighted by Crippen LogP contribution is -1.96. The lowest BCUT2D eigenvalue weighted by Gasteiger charge is -2.09. The van der Waals surface area contributed by atoms with Gasteiger partial charge >= 0.3 is 0 Å². The quantitative estimate of drug-likeness (QED) is 0.754. The van der Waals surface area contributed by atoms with Gasteiger partial charge in [-0.3, -0.25) is 0 Å². The monoisotopic (exact) mass is 312 g/mol. The van der Waals surface area contributed by atoms with E-state index >= 15 is 0 Å². The van der Waals surface area contributed by atoms with Gasteiger partial charge in [0.25, 0.3) is 0 Å². The molecule has 1 atom stereocenters. The molecule has 0 fully saturated rings. The summed E-state index contributed by atoms with van der Waals surface area (Å²) in [5.41, 5.74) is 5.17. The number of rotatable bonds is 3. The van der Waals surface area contributed by atoms with Gasteiger partial charge in [0, 0.05) is 13.0 Å². The summed E-state index contributed by atoms with van der Waals surface area (Å²) >= 11 is -1.84. The van der Waals surface area contributed by atoms with E-state index in [0.717, 1.165) is 52.9 Å². The van der Waals surface area contributed by atoms with Gasteiger partial charge in [0.15, 0.2) is 11.1 Å². The normalized spacial score (nSPS) is 15.1.